The van der Waals surface area contributed by atoms with Crippen molar-refractivity contribution in [1.29, 1.82) is 0 Å². The smallest absolute Gasteiger partial charge is 0.448 e. The van der Waals surface area contributed by atoms with Gasteiger partial charge in [0.1, 0.15) is 19.3 Å². The Labute approximate surface area is 571 Å². The summed E-state index contributed by atoms with van der Waals surface area (Å²) in [6.07, 6.45) is 10.1. The Bertz CT molecular complexity index is 1680. The number of urea groups is 2. The third kappa shape index (κ3) is 49.3. The van der Waals surface area contributed by atoms with E-state index in [9.17, 15) is 24.0 Å². The number of carbonyl (C=O) groups excluding carboxylic acids is 5. The van der Waals surface area contributed by atoms with Crippen molar-refractivity contribution in [2.24, 2.45) is 5.92 Å². The molecule has 0 heterocycles. The van der Waals surface area contributed by atoms with Crippen molar-refractivity contribution in [3.63, 3.8) is 0 Å². The fraction of sp³-hybridized carbons (Fsp3) is 0.914. The standard InChI is InChI=1S/C22H49N3O10Si2.C19H44N4O8Si2.C11H25NO5Si.C6H14/c1-8-9-14-25(15-17-34-21(26)23-12-10-19-36(28-2,29-3)30-4)16-18-35-22(27)24-13-11-20-37(31-5,32-6)33-7;1-26-32(27-2,28-3)16-10-14-22-18(24)20-12-8-7-9-13-21-19(25)23-15-11-17-33(29-4,30-5)31-6;1-6-10(2)17-11(13)12-8-7-9-18(14-3,15-4)16-5;1-4-6(3)5-2/h8-20H2,1-7H3,(H,23,26)(H,24,27);7-17H2,1-6H3,(H2,20,22,24)(H2,21,23,25);10H,6-9H2,1-5H3,(H,12,13);6H,4-5H2,1-3H3. The molecule has 0 aromatic carbocycles. The monoisotopic (exact) mass is 1450 g/mol. The van der Waals surface area contributed by atoms with E-state index in [4.69, 9.17) is 80.6 Å². The zero-order valence-electron chi connectivity index (χ0n) is 61.7. The van der Waals surface area contributed by atoms with Crippen LogP contribution in [0.1, 0.15) is 125 Å². The van der Waals surface area contributed by atoms with Crippen LogP contribution < -0.4 is 37.2 Å². The largest absolute Gasteiger partial charge is 0.500 e. The second-order valence-corrected chi connectivity index (χ2v) is 36.7. The first kappa shape index (κ1) is 97.2. The molecule has 31 nitrogen and oxygen atoms in total. The van der Waals surface area contributed by atoms with Crippen molar-refractivity contribution in [3.05, 3.63) is 0 Å². The minimum Gasteiger partial charge on any atom is -0.448 e. The first-order valence-corrected chi connectivity index (χ1v) is 42.4. The molecule has 0 aromatic heterocycles. The molecule has 0 fully saturated rings. The van der Waals surface area contributed by atoms with Gasteiger partial charge in [-0.15, -0.1) is 0 Å². The van der Waals surface area contributed by atoms with E-state index in [0.29, 0.717) is 115 Å². The Balaban J connectivity index is -0.000000647. The maximum absolute atomic E-state index is 12.0. The van der Waals surface area contributed by atoms with Gasteiger partial charge >= 0.3 is 74.4 Å². The SMILES string of the molecule is CCC(C)CC.CCC(C)OC(=O)NCCC[Si](OC)(OC)OC.CCCCN(CCOC(=O)NCCC[Si](OC)(OC)OC)CCOC(=O)NCCC[Si](OC)(OC)OC.CO[Si](CCCNC(=O)NCCCCCNC(=O)NCCC[Si](OC)(OC)OC)(OC)OC. The Morgan fingerprint density at radius 1 is 0.319 bits per heavy atom. The summed E-state index contributed by atoms with van der Waals surface area (Å²) in [4.78, 5) is 61.0. The number of hydrogen-bond acceptors (Lipinski definition) is 24. The average molecular weight is 1450 g/mol. The summed E-state index contributed by atoms with van der Waals surface area (Å²) < 4.78 is 95.7. The molecule has 1 unspecified atom stereocenters. The molecule has 94 heavy (non-hydrogen) atoms. The van der Waals surface area contributed by atoms with Crippen LogP contribution in [0.2, 0.25) is 30.2 Å². The van der Waals surface area contributed by atoms with Gasteiger partial charge in [-0.25, -0.2) is 24.0 Å². The number of rotatable bonds is 54. The van der Waals surface area contributed by atoms with Crippen molar-refractivity contribution in [2.45, 2.75) is 161 Å². The lowest BCUT2D eigenvalue weighted by atomic mass is 10.1. The zero-order chi connectivity index (χ0) is 72.0. The minimum absolute atomic E-state index is 0.0598. The number of ether oxygens (including phenoxy) is 3. The minimum atomic E-state index is -2.64. The Hall–Kier alpha value is -3.21. The van der Waals surface area contributed by atoms with Crippen LogP contribution in [-0.2, 0) is 80.6 Å². The van der Waals surface area contributed by atoms with E-state index in [-0.39, 0.29) is 37.5 Å². The Morgan fingerprint density at radius 2 is 0.574 bits per heavy atom. The molecule has 0 aromatic rings. The van der Waals surface area contributed by atoms with Gasteiger partial charge in [0.05, 0.1) is 0 Å². The second-order valence-electron chi connectivity index (χ2n) is 21.2. The maximum atomic E-state index is 12.0. The summed E-state index contributed by atoms with van der Waals surface area (Å²) >= 11 is 0. The number of nitrogens with one attached hydrogen (secondary N) is 7. The number of nitrogens with zero attached hydrogens (tertiary/aromatic N) is 1. The molecule has 0 aliphatic carbocycles. The molecule has 0 spiro atoms. The molecule has 7 N–H and O–H groups in total. The fourth-order valence-electron chi connectivity index (χ4n) is 8.19. The normalized spacial score (nSPS) is 12.0. The number of alkyl carbamates (subject to hydrolysis) is 3. The van der Waals surface area contributed by atoms with Gasteiger partial charge in [0.2, 0.25) is 0 Å². The molecule has 562 valence electrons. The first-order valence-electron chi connectivity index (χ1n) is 32.8. The predicted molar refractivity (Wildman–Crippen MR) is 372 cm³/mol. The van der Waals surface area contributed by atoms with Gasteiger partial charge in [0.15, 0.2) is 0 Å². The topological polar surface area (TPSA) is 339 Å². The van der Waals surface area contributed by atoms with Gasteiger partial charge in [0.25, 0.3) is 0 Å². The van der Waals surface area contributed by atoms with Crippen LogP contribution >= 0.6 is 0 Å². The number of hydrogen-bond donors (Lipinski definition) is 7. The van der Waals surface area contributed by atoms with Crippen LogP contribution in [0, 0.1) is 5.92 Å². The molecule has 1 atom stereocenters. The van der Waals surface area contributed by atoms with Crippen molar-refractivity contribution >= 4 is 74.4 Å². The summed E-state index contributed by atoms with van der Waals surface area (Å²) in [7, 11) is 10.5. The third-order valence-electron chi connectivity index (χ3n) is 15.2. The molecule has 0 saturated heterocycles. The molecule has 0 saturated carbocycles. The molecular formula is C58H132N8O23Si5. The molecule has 7 amide bonds. The molecule has 36 heteroatoms. The van der Waals surface area contributed by atoms with Crippen LogP contribution in [0.5, 0.6) is 0 Å². The molecule has 0 bridgehead atoms. The lowest BCUT2D eigenvalue weighted by molar-refractivity contribution is 0.103. The molecule has 0 aliphatic heterocycles. The molecule has 0 rings (SSSR count). The van der Waals surface area contributed by atoms with E-state index in [1.54, 1.807) is 107 Å². The summed E-state index contributed by atoms with van der Waals surface area (Å²) in [6, 6.07) is 2.70. The average Bonchev–Trinajstić information content (AvgIpc) is 1.27. The lowest BCUT2D eigenvalue weighted by Gasteiger charge is -2.24. The van der Waals surface area contributed by atoms with Gasteiger partial charge in [-0.2, -0.15) is 0 Å². The van der Waals surface area contributed by atoms with Crippen LogP contribution in [0.3, 0.4) is 0 Å². The first-order chi connectivity index (χ1) is 45.0. The second kappa shape index (κ2) is 63.3. The van der Waals surface area contributed by atoms with E-state index >= 15 is 0 Å². The lowest BCUT2D eigenvalue weighted by Crippen LogP contribution is -2.44. The highest BCUT2D eigenvalue weighted by Gasteiger charge is 2.40. The van der Waals surface area contributed by atoms with E-state index in [0.717, 1.165) is 57.4 Å². The number of amides is 7. The number of carbonyl (C=O) groups is 5. The molecular weight excluding hydrogens is 1320 g/mol. The highest BCUT2D eigenvalue weighted by atomic mass is 28.4. The van der Waals surface area contributed by atoms with Crippen molar-refractivity contribution < 1.29 is 105 Å². The quantitative estimate of drug-likeness (QED) is 0.0175. The van der Waals surface area contributed by atoms with Gasteiger partial charge in [-0.3, -0.25) is 4.90 Å². The molecule has 0 radical (unpaired) electrons. The predicted octanol–water partition coefficient (Wildman–Crippen LogP) is 7.59. The Kier molecular flexibility index (Phi) is 65.4. The zero-order valence-corrected chi connectivity index (χ0v) is 66.7. The van der Waals surface area contributed by atoms with Crippen LogP contribution in [0.15, 0.2) is 0 Å². The fourth-order valence-corrected chi connectivity index (χ4v) is 16.8. The molecule has 0 aliphatic rings. The van der Waals surface area contributed by atoms with Crippen LogP contribution in [0.4, 0.5) is 24.0 Å². The van der Waals surface area contributed by atoms with E-state index < -0.39 is 56.2 Å². The summed E-state index contributed by atoms with van der Waals surface area (Å²) in [6.45, 7) is 18.6. The number of unbranched alkanes of at least 4 members (excludes halogenated alkanes) is 3. The van der Waals surface area contributed by atoms with Gasteiger partial charge in [0, 0.05) is 196 Å². The van der Waals surface area contributed by atoms with E-state index in [1.165, 1.54) is 12.8 Å². The summed E-state index contributed by atoms with van der Waals surface area (Å²) in [5.74, 6) is 0.935. The van der Waals surface area contributed by atoms with E-state index in [2.05, 4.69) is 69.8 Å². The Morgan fingerprint density at radius 3 is 0.809 bits per heavy atom. The van der Waals surface area contributed by atoms with Crippen LogP contribution in [-0.4, -0.2) is 271 Å². The maximum Gasteiger partial charge on any atom is 0.500 e. The van der Waals surface area contributed by atoms with Gasteiger partial charge < -0.3 is 118 Å². The van der Waals surface area contributed by atoms with Crippen molar-refractivity contribution in [1.82, 2.24) is 42.1 Å². The van der Waals surface area contributed by atoms with Gasteiger partial charge in [-0.05, 0) is 83.6 Å². The highest BCUT2D eigenvalue weighted by Crippen LogP contribution is 2.18. The summed E-state index contributed by atoms with van der Waals surface area (Å²) in [5.41, 5.74) is 0. The van der Waals surface area contributed by atoms with Crippen LogP contribution in [0.25, 0.3) is 0 Å². The third-order valence-corrected chi connectivity index (χ3v) is 29.3. The van der Waals surface area contributed by atoms with Crippen molar-refractivity contribution in [3.8, 4) is 0 Å². The van der Waals surface area contributed by atoms with Gasteiger partial charge in [-0.1, -0.05) is 53.9 Å². The summed E-state index contributed by atoms with van der Waals surface area (Å²) in [5, 5.41) is 19.4. The van der Waals surface area contributed by atoms with Crippen molar-refractivity contribution in [2.75, 3.05) is 185 Å². The highest BCUT2D eigenvalue weighted by molar-refractivity contribution is 6.62. The van der Waals surface area contributed by atoms with E-state index in [1.807, 2.05) is 13.8 Å².